The molecule has 0 radical (unpaired) electrons. The van der Waals surface area contributed by atoms with Gasteiger partial charge < -0.3 is 34.0 Å². The number of nitrogens with zero attached hydrogens (tertiary/aromatic N) is 2. The Morgan fingerprint density at radius 2 is 1.91 bits per heavy atom. The highest BCUT2D eigenvalue weighted by Gasteiger charge is 2.46. The van der Waals surface area contributed by atoms with Gasteiger partial charge in [0.2, 0.25) is 0 Å². The van der Waals surface area contributed by atoms with E-state index < -0.39 is 32.4 Å². The Labute approximate surface area is 341 Å². The maximum atomic E-state index is 14.0. The SMILES string of the molecule is CCOC(C)O[C@]1(C)CC[C@@H](O[Si](C)(C)C(C)(C)CC2CCCCN(C3CCNCC3)C2)CC(=O)O[C@H](/C(C)=C/C=C/[C@@H](C)c2ccccn2)[C@@H](C)/C=C/[C@@H]1O. The molecule has 0 bridgehead atoms. The van der Waals surface area contributed by atoms with Gasteiger partial charge in [-0.3, -0.25) is 9.78 Å². The van der Waals surface area contributed by atoms with Gasteiger partial charge in [0.25, 0.3) is 0 Å². The number of nitrogens with one attached hydrogen (secondary N) is 1. The van der Waals surface area contributed by atoms with Gasteiger partial charge in [-0.25, -0.2) is 0 Å². The second-order valence-electron chi connectivity index (χ2n) is 18.3. The lowest BCUT2D eigenvalue weighted by Crippen LogP contribution is -2.49. The van der Waals surface area contributed by atoms with E-state index in [1.54, 1.807) is 6.08 Å². The largest absolute Gasteiger partial charge is 0.457 e. The Hall–Kier alpha value is -2.18. The lowest BCUT2D eigenvalue weighted by atomic mass is 9.88. The van der Waals surface area contributed by atoms with Gasteiger partial charge in [0.15, 0.2) is 14.6 Å². The summed E-state index contributed by atoms with van der Waals surface area (Å²) in [6, 6.07) is 6.63. The molecule has 4 rings (SSSR count). The number of pyridine rings is 1. The zero-order chi connectivity index (χ0) is 40.9. The molecule has 316 valence electrons. The maximum absolute atomic E-state index is 14.0. The highest BCUT2D eigenvalue weighted by molar-refractivity contribution is 6.74. The van der Waals surface area contributed by atoms with Gasteiger partial charge in [0, 0.05) is 42.9 Å². The minimum atomic E-state index is -2.42. The molecule has 10 heteroatoms. The van der Waals surface area contributed by atoms with Crippen molar-refractivity contribution < 1.29 is 28.5 Å². The molecule has 2 unspecified atom stereocenters. The Morgan fingerprint density at radius 1 is 1.16 bits per heavy atom. The van der Waals surface area contributed by atoms with Gasteiger partial charge in [-0.2, -0.15) is 0 Å². The second-order valence-corrected chi connectivity index (χ2v) is 22.9. The van der Waals surface area contributed by atoms with E-state index >= 15 is 0 Å². The van der Waals surface area contributed by atoms with Crippen molar-refractivity contribution in [3.05, 3.63) is 66.0 Å². The number of aliphatic hydroxyl groups excluding tert-OH is 1. The predicted molar refractivity (Wildman–Crippen MR) is 230 cm³/mol. The minimum absolute atomic E-state index is 0.0317. The molecule has 1 aromatic rings. The molecule has 4 heterocycles. The number of allylic oxidation sites excluding steroid dienone is 3. The summed E-state index contributed by atoms with van der Waals surface area (Å²) in [5.74, 6) is 0.284. The van der Waals surface area contributed by atoms with Crippen LogP contribution in [-0.2, 0) is 23.4 Å². The van der Waals surface area contributed by atoms with Crippen LogP contribution in [0.5, 0.6) is 0 Å². The summed E-state index contributed by atoms with van der Waals surface area (Å²) in [5, 5.41) is 15.3. The van der Waals surface area contributed by atoms with Crippen molar-refractivity contribution in [3.63, 3.8) is 0 Å². The van der Waals surface area contributed by atoms with Crippen LogP contribution in [-0.4, -0.2) is 98.3 Å². The summed E-state index contributed by atoms with van der Waals surface area (Å²) in [4.78, 5) is 21.3. The third-order valence-corrected chi connectivity index (χ3v) is 17.4. The number of likely N-dealkylation sites (tertiary alicyclic amines) is 1. The van der Waals surface area contributed by atoms with Crippen LogP contribution in [0.25, 0.3) is 0 Å². The number of aliphatic hydroxyl groups is 1. The molecule has 0 amide bonds. The summed E-state index contributed by atoms with van der Waals surface area (Å²) >= 11 is 0. The minimum Gasteiger partial charge on any atom is -0.457 e. The third kappa shape index (κ3) is 13.7. The first kappa shape index (κ1) is 46.5. The van der Waals surface area contributed by atoms with Crippen LogP contribution in [0, 0.1) is 11.8 Å². The highest BCUT2D eigenvalue weighted by atomic mass is 28.4. The Balaban J connectivity index is 1.57. The summed E-state index contributed by atoms with van der Waals surface area (Å²) < 4.78 is 25.9. The van der Waals surface area contributed by atoms with Gasteiger partial charge in [0.1, 0.15) is 12.2 Å². The molecule has 2 fully saturated rings. The average Bonchev–Trinajstić information content (AvgIpc) is 3.40. The van der Waals surface area contributed by atoms with E-state index in [2.05, 4.69) is 55.1 Å². The Bertz CT molecular complexity index is 1430. The standard InChI is InChI=1S/C46H77N3O6Si/c1-11-52-37(5)54-46(8)26-23-40(55-56(9,10)45(6,7)32-38-19-13-15-30-49(33-38)39-24-28-47-29-25-39)31-43(51)53-44(36(4)21-22-42(46)50)35(3)18-16-17-34(2)41-20-12-14-27-48-41/h12,14,16-18,20-22,27,34,36-40,42,44,47,50H,11,13,15,19,23-26,28-33H2,1-10H3/b17-16+,22-21+,35-18+/t34-,36+,37?,38?,40-,42+,44-,46-/m1/s1. The molecule has 2 saturated heterocycles. The van der Waals surface area contributed by atoms with Gasteiger partial charge in [-0.1, -0.05) is 70.6 Å². The van der Waals surface area contributed by atoms with Crippen LogP contribution in [0.3, 0.4) is 0 Å². The van der Waals surface area contributed by atoms with Crippen molar-refractivity contribution in [2.45, 2.75) is 173 Å². The zero-order valence-electron chi connectivity index (χ0n) is 36.6. The first-order valence-corrected chi connectivity index (χ1v) is 24.7. The van der Waals surface area contributed by atoms with Crippen molar-refractivity contribution >= 4 is 14.3 Å². The summed E-state index contributed by atoms with van der Waals surface area (Å²) in [6.07, 6.45) is 18.0. The number of ether oxygens (including phenoxy) is 3. The van der Waals surface area contributed by atoms with Crippen LogP contribution >= 0.6 is 0 Å². The lowest BCUT2D eigenvalue weighted by molar-refractivity contribution is -0.221. The highest BCUT2D eigenvalue weighted by Crippen LogP contribution is 2.46. The van der Waals surface area contributed by atoms with E-state index in [-0.39, 0.29) is 35.4 Å². The third-order valence-electron chi connectivity index (χ3n) is 13.0. The summed E-state index contributed by atoms with van der Waals surface area (Å²) in [7, 11) is -2.42. The van der Waals surface area contributed by atoms with Gasteiger partial charge in [0.05, 0.1) is 18.1 Å². The number of carbonyl (C=O) groups excluding carboxylic acids is 1. The predicted octanol–water partition coefficient (Wildman–Crippen LogP) is 9.11. The number of piperidine rings is 1. The van der Waals surface area contributed by atoms with Crippen LogP contribution in [0.1, 0.15) is 125 Å². The molecule has 8 atom stereocenters. The monoisotopic (exact) mass is 796 g/mol. The zero-order valence-corrected chi connectivity index (χ0v) is 37.6. The normalized spacial score (nSPS) is 30.5. The number of aromatic nitrogens is 1. The molecule has 9 nitrogen and oxygen atoms in total. The number of carbonyl (C=O) groups is 1. The molecule has 0 saturated carbocycles. The fourth-order valence-corrected chi connectivity index (χ4v) is 11.0. The number of rotatable bonds is 14. The second kappa shape index (κ2) is 21.7. The van der Waals surface area contributed by atoms with Crippen LogP contribution in [0.2, 0.25) is 18.1 Å². The number of cyclic esters (lactones) is 1. The molecule has 3 aliphatic rings. The maximum Gasteiger partial charge on any atom is 0.308 e. The quantitative estimate of drug-likeness (QED) is 0.0628. The Morgan fingerprint density at radius 3 is 2.61 bits per heavy atom. The van der Waals surface area contributed by atoms with Crippen molar-refractivity contribution in [1.29, 1.82) is 0 Å². The summed E-state index contributed by atoms with van der Waals surface area (Å²) in [6.45, 7) is 26.5. The van der Waals surface area contributed by atoms with E-state index in [0.717, 1.165) is 37.3 Å². The topological polar surface area (TPSA) is 102 Å². The van der Waals surface area contributed by atoms with Crippen LogP contribution in [0.4, 0.5) is 0 Å². The van der Waals surface area contributed by atoms with E-state index in [1.807, 2.05) is 77.2 Å². The van der Waals surface area contributed by atoms with Crippen molar-refractivity contribution in [3.8, 4) is 0 Å². The first-order valence-electron chi connectivity index (χ1n) is 21.8. The molecule has 1 aromatic heterocycles. The molecular weight excluding hydrogens is 719 g/mol. The first-order chi connectivity index (χ1) is 26.5. The van der Waals surface area contributed by atoms with E-state index in [4.69, 9.17) is 18.6 Å². The van der Waals surface area contributed by atoms with Crippen molar-refractivity contribution in [1.82, 2.24) is 15.2 Å². The van der Waals surface area contributed by atoms with Crippen molar-refractivity contribution in [2.24, 2.45) is 11.8 Å². The average molecular weight is 796 g/mol. The molecule has 0 aromatic carbocycles. The fourth-order valence-electron chi connectivity index (χ4n) is 8.84. The molecular formula is C46H77N3O6Si. The molecule has 56 heavy (non-hydrogen) atoms. The summed E-state index contributed by atoms with van der Waals surface area (Å²) in [5.41, 5.74) is 0.959. The lowest BCUT2D eigenvalue weighted by Gasteiger charge is -2.45. The molecule has 3 aliphatic heterocycles. The number of hydrogen-bond donors (Lipinski definition) is 2. The molecule has 0 aliphatic carbocycles. The number of hydrogen-bond acceptors (Lipinski definition) is 9. The van der Waals surface area contributed by atoms with E-state index in [1.165, 1.54) is 38.6 Å². The van der Waals surface area contributed by atoms with Crippen LogP contribution in [0.15, 0.2) is 60.3 Å². The smallest absolute Gasteiger partial charge is 0.308 e. The molecule has 0 spiro atoms. The molecule has 2 N–H and O–H groups in total. The Kier molecular flexibility index (Phi) is 18.0. The fraction of sp³-hybridized carbons (Fsp3) is 0.739. The van der Waals surface area contributed by atoms with Crippen molar-refractivity contribution in [2.75, 3.05) is 32.8 Å². The van der Waals surface area contributed by atoms with Gasteiger partial charge in [-0.15, -0.1) is 0 Å². The van der Waals surface area contributed by atoms with Gasteiger partial charge in [-0.05, 0) is 134 Å². The number of esters is 1. The van der Waals surface area contributed by atoms with E-state index in [9.17, 15) is 9.90 Å². The van der Waals surface area contributed by atoms with Gasteiger partial charge >= 0.3 is 5.97 Å². The van der Waals surface area contributed by atoms with Crippen LogP contribution < -0.4 is 5.32 Å². The van der Waals surface area contributed by atoms with E-state index in [0.29, 0.717) is 31.4 Å².